The number of para-hydroxylation sites is 1. The molecule has 0 aromatic heterocycles. The summed E-state index contributed by atoms with van der Waals surface area (Å²) in [5.41, 5.74) is 0.813. The van der Waals surface area contributed by atoms with Gasteiger partial charge in [-0.2, -0.15) is 0 Å². The molecule has 0 unspecified atom stereocenters. The summed E-state index contributed by atoms with van der Waals surface area (Å²) in [5, 5.41) is 10.6. The van der Waals surface area contributed by atoms with E-state index in [0.29, 0.717) is 0 Å². The number of hydrogen-bond acceptors (Lipinski definition) is 1. The third-order valence-electron chi connectivity index (χ3n) is 5.04. The zero-order chi connectivity index (χ0) is 19.0. The molecular weight excluding hydrogens is 306 g/mol. The fourth-order valence-corrected chi connectivity index (χ4v) is 3.20. The summed E-state index contributed by atoms with van der Waals surface area (Å²) in [5.74, 6) is 0.118. The first kappa shape index (κ1) is 24.0. The zero-order valence-corrected chi connectivity index (χ0v) is 17.7. The maximum atomic E-state index is 10.6. The van der Waals surface area contributed by atoms with Crippen LogP contribution in [0, 0.1) is 6.92 Å². The summed E-state index contributed by atoms with van der Waals surface area (Å²) in [6.07, 6.45) is 11.1. The lowest BCUT2D eigenvalue weighted by Gasteiger charge is -2.39. The quantitative estimate of drug-likeness (QED) is 0.420. The van der Waals surface area contributed by atoms with Gasteiger partial charge >= 0.3 is 0 Å². The van der Waals surface area contributed by atoms with Crippen molar-refractivity contribution in [2.75, 3.05) is 26.2 Å². The molecule has 2 nitrogen and oxygen atoms in total. The Morgan fingerprint density at radius 2 is 1.04 bits per heavy atom. The van der Waals surface area contributed by atoms with Crippen molar-refractivity contribution in [3.8, 4) is 5.75 Å². The van der Waals surface area contributed by atoms with Crippen LogP contribution in [0.5, 0.6) is 5.75 Å². The zero-order valence-electron chi connectivity index (χ0n) is 17.7. The molecule has 0 radical (unpaired) electrons. The Bertz CT molecular complexity index is 358. The van der Waals surface area contributed by atoms with Gasteiger partial charge in [-0.15, -0.1) is 5.75 Å². The Morgan fingerprint density at radius 1 is 0.680 bits per heavy atom. The minimum atomic E-state index is 0.118. The molecule has 0 bridgehead atoms. The second-order valence-corrected chi connectivity index (χ2v) is 7.42. The Labute approximate surface area is 157 Å². The Morgan fingerprint density at radius 3 is 1.28 bits per heavy atom. The van der Waals surface area contributed by atoms with E-state index in [1.54, 1.807) is 12.1 Å². The number of rotatable bonds is 12. The summed E-state index contributed by atoms with van der Waals surface area (Å²) < 4.78 is 1.42. The number of nitrogens with zero attached hydrogens (tertiary/aromatic N) is 1. The molecule has 1 aromatic rings. The van der Waals surface area contributed by atoms with Crippen LogP contribution in [0.2, 0.25) is 0 Å². The molecule has 0 saturated heterocycles. The molecule has 0 spiro atoms. The molecule has 0 fully saturated rings. The summed E-state index contributed by atoms with van der Waals surface area (Å²) in [4.78, 5) is 0. The van der Waals surface area contributed by atoms with Crippen LogP contribution >= 0.6 is 0 Å². The van der Waals surface area contributed by atoms with Gasteiger partial charge in [0.2, 0.25) is 0 Å². The topological polar surface area (TPSA) is 23.1 Å². The van der Waals surface area contributed by atoms with Gasteiger partial charge in [0.1, 0.15) is 0 Å². The first-order valence-electron chi connectivity index (χ1n) is 10.6. The van der Waals surface area contributed by atoms with Crippen molar-refractivity contribution in [3.05, 3.63) is 29.8 Å². The van der Waals surface area contributed by atoms with Gasteiger partial charge in [-0.3, -0.25) is 0 Å². The highest BCUT2D eigenvalue weighted by atomic mass is 16.3. The molecule has 1 rings (SSSR count). The summed E-state index contributed by atoms with van der Waals surface area (Å²) >= 11 is 0. The van der Waals surface area contributed by atoms with Crippen molar-refractivity contribution >= 4 is 0 Å². The van der Waals surface area contributed by atoms with E-state index < -0.39 is 0 Å². The van der Waals surface area contributed by atoms with Gasteiger partial charge in [0.15, 0.2) is 0 Å². The van der Waals surface area contributed by atoms with Crippen molar-refractivity contribution in [2.45, 2.75) is 86.0 Å². The molecule has 0 aliphatic rings. The van der Waals surface area contributed by atoms with Crippen LogP contribution in [0.4, 0.5) is 0 Å². The second kappa shape index (κ2) is 15.3. The molecule has 0 N–H and O–H groups in total. The van der Waals surface area contributed by atoms with E-state index in [2.05, 4.69) is 27.7 Å². The predicted octanol–water partition coefficient (Wildman–Crippen LogP) is 6.07. The van der Waals surface area contributed by atoms with E-state index in [9.17, 15) is 5.11 Å². The first-order valence-corrected chi connectivity index (χ1v) is 10.6. The molecule has 2 heteroatoms. The lowest BCUT2D eigenvalue weighted by molar-refractivity contribution is -0.929. The average molecular weight is 350 g/mol. The summed E-state index contributed by atoms with van der Waals surface area (Å²) in [6, 6.07) is 6.98. The molecule has 0 heterocycles. The molecule has 1 aromatic carbocycles. The highest BCUT2D eigenvalue weighted by Crippen LogP contribution is 2.16. The van der Waals surface area contributed by atoms with E-state index in [0.717, 1.165) is 5.56 Å². The summed E-state index contributed by atoms with van der Waals surface area (Å²) in [7, 11) is 0. The number of unbranched alkanes of at least 4 members (excludes halogenated alkanes) is 4. The molecule has 0 atom stereocenters. The minimum absolute atomic E-state index is 0.118. The van der Waals surface area contributed by atoms with Gasteiger partial charge in [-0.1, -0.05) is 83.2 Å². The molecule has 0 saturated carbocycles. The van der Waals surface area contributed by atoms with Gasteiger partial charge in [0.05, 0.1) is 26.2 Å². The normalized spacial score (nSPS) is 11.1. The van der Waals surface area contributed by atoms with Crippen molar-refractivity contribution in [1.29, 1.82) is 0 Å². The Kier molecular flexibility index (Phi) is 14.6. The van der Waals surface area contributed by atoms with Gasteiger partial charge in [0.25, 0.3) is 0 Å². The molecule has 0 aliphatic heterocycles. The standard InChI is InChI=1S/C16H36N.C7H8O/c1-5-9-13-17(14-10-6-2,15-11-7-3)16-12-8-4;1-6-4-2-3-5-7(6)8/h5-16H2,1-4H3;2-5,8H,1H3/q+1;/p-1. The lowest BCUT2D eigenvalue weighted by Crippen LogP contribution is -2.50. The predicted molar refractivity (Wildman–Crippen MR) is 110 cm³/mol. The average Bonchev–Trinajstić information content (AvgIpc) is 2.63. The van der Waals surface area contributed by atoms with Crippen LogP contribution in [0.25, 0.3) is 0 Å². The smallest absolute Gasteiger partial charge is 0.0786 e. The van der Waals surface area contributed by atoms with Crippen molar-refractivity contribution in [1.82, 2.24) is 0 Å². The maximum Gasteiger partial charge on any atom is 0.0786 e. The number of aryl methyl sites for hydroxylation is 1. The maximum absolute atomic E-state index is 10.6. The largest absolute Gasteiger partial charge is 0.872 e. The van der Waals surface area contributed by atoms with Crippen LogP contribution in [0.3, 0.4) is 0 Å². The highest BCUT2D eigenvalue weighted by molar-refractivity contribution is 5.28. The second-order valence-electron chi connectivity index (χ2n) is 7.42. The fourth-order valence-electron chi connectivity index (χ4n) is 3.20. The van der Waals surface area contributed by atoms with E-state index in [1.165, 1.54) is 82.0 Å². The van der Waals surface area contributed by atoms with Crippen LogP contribution in [-0.4, -0.2) is 30.7 Å². The molecule has 0 amide bonds. The van der Waals surface area contributed by atoms with Crippen LogP contribution in [0.1, 0.15) is 84.6 Å². The number of benzene rings is 1. The lowest BCUT2D eigenvalue weighted by atomic mass is 10.1. The number of hydrogen-bond donors (Lipinski definition) is 0. The van der Waals surface area contributed by atoms with Crippen molar-refractivity contribution in [3.63, 3.8) is 0 Å². The van der Waals surface area contributed by atoms with Gasteiger partial charge < -0.3 is 9.59 Å². The third-order valence-corrected chi connectivity index (χ3v) is 5.04. The SMILES string of the molecule is CCCC[N+](CCCC)(CCCC)CCCC.Cc1ccccc1[O-]. The van der Waals surface area contributed by atoms with E-state index in [4.69, 9.17) is 0 Å². The van der Waals surface area contributed by atoms with Gasteiger partial charge in [-0.05, 0) is 32.6 Å². The molecule has 146 valence electrons. The van der Waals surface area contributed by atoms with E-state index >= 15 is 0 Å². The molecule has 0 aliphatic carbocycles. The van der Waals surface area contributed by atoms with E-state index in [1.807, 2.05) is 19.1 Å². The number of quaternary nitrogens is 1. The monoisotopic (exact) mass is 349 g/mol. The van der Waals surface area contributed by atoms with Crippen LogP contribution in [-0.2, 0) is 0 Å². The van der Waals surface area contributed by atoms with Crippen LogP contribution in [0.15, 0.2) is 24.3 Å². The van der Waals surface area contributed by atoms with Crippen LogP contribution < -0.4 is 5.11 Å². The van der Waals surface area contributed by atoms with Crippen molar-refractivity contribution < 1.29 is 9.59 Å². The minimum Gasteiger partial charge on any atom is -0.872 e. The highest BCUT2D eigenvalue weighted by Gasteiger charge is 2.24. The Hall–Kier alpha value is -1.02. The van der Waals surface area contributed by atoms with Gasteiger partial charge in [0, 0.05) is 0 Å². The van der Waals surface area contributed by atoms with Gasteiger partial charge in [-0.25, -0.2) is 0 Å². The van der Waals surface area contributed by atoms with E-state index in [-0.39, 0.29) is 5.75 Å². The fraction of sp³-hybridized carbons (Fsp3) is 0.739. The summed E-state index contributed by atoms with van der Waals surface area (Å²) in [6.45, 7) is 16.8. The molecular formula is C23H43NO. The Balaban J connectivity index is 0.000000593. The first-order chi connectivity index (χ1) is 12.0. The molecule has 25 heavy (non-hydrogen) atoms. The van der Waals surface area contributed by atoms with Crippen molar-refractivity contribution in [2.24, 2.45) is 0 Å². The third kappa shape index (κ3) is 11.3.